The maximum atomic E-state index is 13.4. The van der Waals surface area contributed by atoms with Crippen molar-refractivity contribution in [3.63, 3.8) is 0 Å². The molecule has 0 aliphatic carbocycles. The van der Waals surface area contributed by atoms with E-state index in [1.807, 2.05) is 72.8 Å². The Morgan fingerprint density at radius 3 is 2.06 bits per heavy atom. The van der Waals surface area contributed by atoms with Gasteiger partial charge in [-0.05, 0) is 17.7 Å². The summed E-state index contributed by atoms with van der Waals surface area (Å²) in [7, 11) is 3.39. The van der Waals surface area contributed by atoms with Crippen LogP contribution < -0.4 is 5.32 Å². The molecule has 5 nitrogen and oxygen atoms in total. The number of nitrogens with one attached hydrogen (secondary N) is 1. The number of carbonyl (C=O) groups excluding carboxylic acids is 2. The van der Waals surface area contributed by atoms with E-state index < -0.39 is 0 Å². The van der Waals surface area contributed by atoms with Crippen LogP contribution in [0.15, 0.2) is 84.9 Å². The number of carbonyl (C=O) groups is 2. The zero-order valence-corrected chi connectivity index (χ0v) is 18.7. The minimum absolute atomic E-state index is 0.0843. The van der Waals surface area contributed by atoms with Crippen molar-refractivity contribution in [1.82, 2.24) is 15.2 Å². The molecule has 1 heterocycles. The van der Waals surface area contributed by atoms with Crippen LogP contribution in [0.25, 0.3) is 21.8 Å². The molecule has 2 amide bonds. The highest BCUT2D eigenvalue weighted by atomic mass is 32.1. The van der Waals surface area contributed by atoms with Crippen molar-refractivity contribution >= 4 is 23.2 Å². The lowest BCUT2D eigenvalue weighted by molar-refractivity contribution is 0.0790. The van der Waals surface area contributed by atoms with Gasteiger partial charge in [0.25, 0.3) is 11.8 Å². The summed E-state index contributed by atoms with van der Waals surface area (Å²) >= 11 is 1.41. The Balaban J connectivity index is 1.63. The standard InChI is InChI=1S/C26H23N3O2S/c1-27-24(30)20-15-13-18(14-16-20)17-29(2)26(31)23-22(19-9-5-3-6-10-19)28-25(32-23)21-11-7-4-8-12-21/h3-16H,17H2,1-2H3,(H,27,30). The first-order valence-electron chi connectivity index (χ1n) is 10.2. The molecule has 0 saturated carbocycles. The van der Waals surface area contributed by atoms with E-state index in [4.69, 9.17) is 4.98 Å². The fourth-order valence-corrected chi connectivity index (χ4v) is 4.47. The van der Waals surface area contributed by atoms with Gasteiger partial charge in [-0.1, -0.05) is 72.8 Å². The molecule has 32 heavy (non-hydrogen) atoms. The number of aromatic nitrogens is 1. The first-order valence-corrected chi connectivity index (χ1v) is 11.1. The van der Waals surface area contributed by atoms with Crippen LogP contribution in [0, 0.1) is 0 Å². The summed E-state index contributed by atoms with van der Waals surface area (Å²) in [6.45, 7) is 0.430. The average molecular weight is 442 g/mol. The van der Waals surface area contributed by atoms with Crippen molar-refractivity contribution < 1.29 is 9.59 Å². The third kappa shape index (κ3) is 4.60. The van der Waals surface area contributed by atoms with Gasteiger partial charge in [-0.25, -0.2) is 4.98 Å². The summed E-state index contributed by atoms with van der Waals surface area (Å²) < 4.78 is 0. The quantitative estimate of drug-likeness (QED) is 0.452. The molecule has 1 aromatic heterocycles. The topological polar surface area (TPSA) is 62.3 Å². The van der Waals surface area contributed by atoms with E-state index in [1.54, 1.807) is 31.1 Å². The van der Waals surface area contributed by atoms with Crippen LogP contribution in [0.1, 0.15) is 25.6 Å². The summed E-state index contributed by atoms with van der Waals surface area (Å²) in [5.41, 5.74) is 4.13. The molecule has 0 aliphatic heterocycles. The van der Waals surface area contributed by atoms with E-state index >= 15 is 0 Å². The molecular weight excluding hydrogens is 418 g/mol. The van der Waals surface area contributed by atoms with E-state index in [-0.39, 0.29) is 11.8 Å². The Kier molecular flexibility index (Phi) is 6.42. The normalized spacial score (nSPS) is 10.6. The number of hydrogen-bond donors (Lipinski definition) is 1. The smallest absolute Gasteiger partial charge is 0.266 e. The Morgan fingerprint density at radius 2 is 1.47 bits per heavy atom. The van der Waals surface area contributed by atoms with Crippen molar-refractivity contribution in [1.29, 1.82) is 0 Å². The number of rotatable bonds is 6. The highest BCUT2D eigenvalue weighted by Crippen LogP contribution is 2.34. The summed E-state index contributed by atoms with van der Waals surface area (Å²) in [5, 5.41) is 3.43. The average Bonchev–Trinajstić information content (AvgIpc) is 3.30. The Labute approximate surface area is 191 Å². The predicted molar refractivity (Wildman–Crippen MR) is 129 cm³/mol. The molecule has 0 atom stereocenters. The summed E-state index contributed by atoms with van der Waals surface area (Å²) in [6.07, 6.45) is 0. The van der Waals surface area contributed by atoms with E-state index in [2.05, 4.69) is 5.32 Å². The largest absolute Gasteiger partial charge is 0.355 e. The SMILES string of the molecule is CNC(=O)c1ccc(CN(C)C(=O)c2sc(-c3ccccc3)nc2-c2ccccc2)cc1. The van der Waals surface area contributed by atoms with Crippen molar-refractivity contribution in [3.8, 4) is 21.8 Å². The fraction of sp³-hybridized carbons (Fsp3) is 0.115. The van der Waals surface area contributed by atoms with E-state index in [9.17, 15) is 9.59 Å². The molecular formula is C26H23N3O2S. The Morgan fingerprint density at radius 1 is 0.875 bits per heavy atom. The maximum absolute atomic E-state index is 13.4. The van der Waals surface area contributed by atoms with Crippen molar-refractivity contribution in [2.75, 3.05) is 14.1 Å². The second kappa shape index (κ2) is 9.58. The third-order valence-electron chi connectivity index (χ3n) is 5.10. The maximum Gasteiger partial charge on any atom is 0.266 e. The number of amides is 2. The third-order valence-corrected chi connectivity index (χ3v) is 6.19. The Hall–Kier alpha value is -3.77. The van der Waals surface area contributed by atoms with Gasteiger partial charge in [0.1, 0.15) is 9.88 Å². The van der Waals surface area contributed by atoms with Gasteiger partial charge in [0, 0.05) is 37.3 Å². The summed E-state index contributed by atoms with van der Waals surface area (Å²) in [5.74, 6) is -0.217. The van der Waals surface area contributed by atoms with Gasteiger partial charge in [0.15, 0.2) is 0 Å². The zero-order chi connectivity index (χ0) is 22.5. The van der Waals surface area contributed by atoms with Gasteiger partial charge in [-0.3, -0.25) is 9.59 Å². The molecule has 3 aromatic carbocycles. The molecule has 4 rings (SSSR count). The molecule has 0 bridgehead atoms. The van der Waals surface area contributed by atoms with Gasteiger partial charge in [0.2, 0.25) is 0 Å². The highest BCUT2D eigenvalue weighted by Gasteiger charge is 2.23. The molecule has 0 radical (unpaired) electrons. The summed E-state index contributed by atoms with van der Waals surface area (Å²) in [4.78, 5) is 32.3. The molecule has 0 saturated heterocycles. The second-order valence-corrected chi connectivity index (χ2v) is 8.37. The number of benzene rings is 3. The molecule has 0 unspecified atom stereocenters. The van der Waals surface area contributed by atoms with Crippen molar-refractivity contribution in [2.24, 2.45) is 0 Å². The van der Waals surface area contributed by atoms with E-state index in [0.717, 1.165) is 21.7 Å². The number of thiazole rings is 1. The van der Waals surface area contributed by atoms with Crippen LogP contribution in [-0.2, 0) is 6.54 Å². The van der Waals surface area contributed by atoms with Gasteiger partial charge >= 0.3 is 0 Å². The lowest BCUT2D eigenvalue weighted by Crippen LogP contribution is -2.26. The monoisotopic (exact) mass is 441 g/mol. The molecule has 4 aromatic rings. The van der Waals surface area contributed by atoms with Crippen LogP contribution in [0.4, 0.5) is 0 Å². The molecule has 160 valence electrons. The van der Waals surface area contributed by atoms with Crippen molar-refractivity contribution in [3.05, 3.63) is 101 Å². The number of nitrogens with zero attached hydrogens (tertiary/aromatic N) is 2. The first kappa shape index (κ1) is 21.5. The second-order valence-electron chi connectivity index (χ2n) is 7.37. The van der Waals surface area contributed by atoms with Crippen molar-refractivity contribution in [2.45, 2.75) is 6.54 Å². The van der Waals surface area contributed by atoms with Gasteiger partial charge in [-0.15, -0.1) is 11.3 Å². The highest BCUT2D eigenvalue weighted by molar-refractivity contribution is 7.17. The van der Waals surface area contributed by atoms with E-state index in [0.29, 0.717) is 22.7 Å². The molecule has 0 spiro atoms. The fourth-order valence-electron chi connectivity index (χ4n) is 3.39. The molecule has 0 fully saturated rings. The van der Waals surface area contributed by atoms with Crippen LogP contribution in [0.3, 0.4) is 0 Å². The van der Waals surface area contributed by atoms with Gasteiger partial charge in [0.05, 0.1) is 5.69 Å². The van der Waals surface area contributed by atoms with Crippen LogP contribution in [-0.4, -0.2) is 35.8 Å². The first-order chi connectivity index (χ1) is 15.6. The molecule has 1 N–H and O–H groups in total. The zero-order valence-electron chi connectivity index (χ0n) is 17.9. The minimum atomic E-state index is -0.133. The van der Waals surface area contributed by atoms with Gasteiger partial charge < -0.3 is 10.2 Å². The predicted octanol–water partition coefficient (Wildman–Crippen LogP) is 5.11. The molecule has 0 aliphatic rings. The lowest BCUT2D eigenvalue weighted by atomic mass is 10.1. The van der Waals surface area contributed by atoms with Crippen LogP contribution >= 0.6 is 11.3 Å². The van der Waals surface area contributed by atoms with Crippen LogP contribution in [0.5, 0.6) is 0 Å². The Bertz CT molecular complexity index is 1220. The van der Waals surface area contributed by atoms with Gasteiger partial charge in [-0.2, -0.15) is 0 Å². The van der Waals surface area contributed by atoms with E-state index in [1.165, 1.54) is 11.3 Å². The van der Waals surface area contributed by atoms with Crippen LogP contribution in [0.2, 0.25) is 0 Å². The minimum Gasteiger partial charge on any atom is -0.355 e. The summed E-state index contributed by atoms with van der Waals surface area (Å²) in [6, 6.07) is 27.0. The molecule has 6 heteroatoms. The number of hydrogen-bond acceptors (Lipinski definition) is 4. The lowest BCUT2D eigenvalue weighted by Gasteiger charge is -2.17.